The second-order valence-electron chi connectivity index (χ2n) is 7.96. The molecule has 0 atom stereocenters. The summed E-state index contributed by atoms with van der Waals surface area (Å²) in [5, 5.41) is 0.852. The maximum atomic E-state index is 13.1. The number of rotatable bonds is 6. The van der Waals surface area contributed by atoms with Crippen molar-refractivity contribution in [1.82, 2.24) is 29.3 Å². The number of hydrogen-bond acceptors (Lipinski definition) is 8. The van der Waals surface area contributed by atoms with Crippen LogP contribution in [0.2, 0.25) is 0 Å². The normalized spacial score (nSPS) is 17.7. The van der Waals surface area contributed by atoms with Crippen LogP contribution >= 0.6 is 11.3 Å². The zero-order valence-electron chi connectivity index (χ0n) is 17.3. The molecule has 1 fully saturated rings. The number of hydrogen-bond donors (Lipinski definition) is 0. The first-order chi connectivity index (χ1) is 14.7. The fourth-order valence-corrected chi connectivity index (χ4v) is 5.56. The van der Waals surface area contributed by atoms with E-state index in [1.807, 2.05) is 6.07 Å². The van der Waals surface area contributed by atoms with Crippen LogP contribution in [0.1, 0.15) is 23.8 Å². The van der Waals surface area contributed by atoms with Gasteiger partial charge in [-0.15, -0.1) is 11.3 Å². The van der Waals surface area contributed by atoms with Gasteiger partial charge >= 0.3 is 0 Å². The molecule has 2 aliphatic heterocycles. The third kappa shape index (κ3) is 3.73. The molecule has 3 aromatic rings. The lowest BCUT2D eigenvalue weighted by molar-refractivity contribution is 0.249. The Balaban J connectivity index is 1.19. The first-order valence-electron chi connectivity index (χ1n) is 10.7. The Labute approximate surface area is 179 Å². The van der Waals surface area contributed by atoms with E-state index in [-0.39, 0.29) is 5.56 Å². The summed E-state index contributed by atoms with van der Waals surface area (Å²) in [6.07, 6.45) is 6.26. The lowest BCUT2D eigenvalue weighted by atomic mass is 10.2. The Morgan fingerprint density at radius 2 is 1.80 bits per heavy atom. The molecule has 0 bridgehead atoms. The van der Waals surface area contributed by atoms with Crippen molar-refractivity contribution >= 4 is 27.5 Å². The van der Waals surface area contributed by atoms with Gasteiger partial charge in [-0.1, -0.05) is 6.92 Å². The van der Waals surface area contributed by atoms with E-state index >= 15 is 0 Å². The maximum absolute atomic E-state index is 13.1. The van der Waals surface area contributed by atoms with Gasteiger partial charge in [0.1, 0.15) is 4.83 Å². The molecule has 0 saturated carbocycles. The minimum atomic E-state index is 0.126. The Morgan fingerprint density at radius 1 is 1.00 bits per heavy atom. The molecular formula is C21H27N7OS. The Kier molecular flexibility index (Phi) is 5.49. The number of anilines is 1. The van der Waals surface area contributed by atoms with E-state index in [0.29, 0.717) is 6.54 Å². The highest BCUT2D eigenvalue weighted by atomic mass is 32.1. The fourth-order valence-electron chi connectivity index (χ4n) is 4.38. The van der Waals surface area contributed by atoms with Crippen molar-refractivity contribution in [2.24, 2.45) is 0 Å². The summed E-state index contributed by atoms with van der Waals surface area (Å²) in [6.45, 7) is 10.6. The van der Waals surface area contributed by atoms with Crippen LogP contribution in [0.3, 0.4) is 0 Å². The number of thiophene rings is 1. The van der Waals surface area contributed by atoms with E-state index in [9.17, 15) is 4.79 Å². The van der Waals surface area contributed by atoms with Crippen LogP contribution in [0.25, 0.3) is 10.2 Å². The summed E-state index contributed by atoms with van der Waals surface area (Å²) in [4.78, 5) is 35.7. The maximum Gasteiger partial charge on any atom is 0.262 e. The van der Waals surface area contributed by atoms with Gasteiger partial charge in [-0.2, -0.15) is 0 Å². The monoisotopic (exact) mass is 425 g/mol. The van der Waals surface area contributed by atoms with Gasteiger partial charge in [0.15, 0.2) is 0 Å². The molecule has 5 heterocycles. The Morgan fingerprint density at radius 3 is 2.57 bits per heavy atom. The van der Waals surface area contributed by atoms with E-state index in [1.165, 1.54) is 10.4 Å². The first kappa shape index (κ1) is 19.6. The van der Waals surface area contributed by atoms with Crippen molar-refractivity contribution in [3.63, 3.8) is 0 Å². The summed E-state index contributed by atoms with van der Waals surface area (Å²) in [6, 6.07) is 1.85. The molecule has 8 nitrogen and oxygen atoms in total. The molecule has 0 aliphatic carbocycles. The van der Waals surface area contributed by atoms with Crippen molar-refractivity contribution in [3.05, 3.63) is 45.6 Å². The predicted molar refractivity (Wildman–Crippen MR) is 119 cm³/mol. The Bertz CT molecular complexity index is 1070. The van der Waals surface area contributed by atoms with Crippen molar-refractivity contribution in [1.29, 1.82) is 0 Å². The molecule has 5 rings (SSSR count). The molecule has 9 heteroatoms. The van der Waals surface area contributed by atoms with Gasteiger partial charge < -0.3 is 4.90 Å². The minimum Gasteiger partial charge on any atom is -0.338 e. The first-order valence-corrected chi connectivity index (χ1v) is 11.5. The highest BCUT2D eigenvalue weighted by molar-refractivity contribution is 7.18. The standard InChI is InChI=1S/C21H27N7OS/c1-2-25-13-16-17(14-25)30-19-18(16)20(29)28(15-24-19)8-4-7-26-9-11-27(12-10-26)21-22-5-3-6-23-21/h3,5-6,15H,2,4,7-14H2,1H3. The molecular weight excluding hydrogens is 398 g/mol. The van der Waals surface area contributed by atoms with Gasteiger partial charge in [-0.3, -0.25) is 19.2 Å². The lowest BCUT2D eigenvalue weighted by Gasteiger charge is -2.34. The van der Waals surface area contributed by atoms with Gasteiger partial charge in [0.2, 0.25) is 5.95 Å². The van der Waals surface area contributed by atoms with E-state index < -0.39 is 0 Å². The number of aryl methyl sites for hydroxylation is 1. The highest BCUT2D eigenvalue weighted by Crippen LogP contribution is 2.34. The largest absolute Gasteiger partial charge is 0.338 e. The number of nitrogens with zero attached hydrogens (tertiary/aromatic N) is 7. The number of aromatic nitrogens is 4. The van der Waals surface area contributed by atoms with Crippen LogP contribution in [0.5, 0.6) is 0 Å². The topological polar surface area (TPSA) is 70.4 Å². The van der Waals surface area contributed by atoms with Gasteiger partial charge in [-0.05, 0) is 31.1 Å². The molecule has 158 valence electrons. The molecule has 0 unspecified atom stereocenters. The van der Waals surface area contributed by atoms with Gasteiger partial charge in [-0.25, -0.2) is 15.0 Å². The fraction of sp³-hybridized carbons (Fsp3) is 0.524. The van der Waals surface area contributed by atoms with Gasteiger partial charge in [0.05, 0.1) is 11.7 Å². The van der Waals surface area contributed by atoms with Crippen molar-refractivity contribution in [2.45, 2.75) is 33.0 Å². The summed E-state index contributed by atoms with van der Waals surface area (Å²) >= 11 is 1.68. The molecule has 0 spiro atoms. The van der Waals surface area contributed by atoms with Crippen LogP contribution in [0.4, 0.5) is 5.95 Å². The molecule has 3 aromatic heterocycles. The third-order valence-corrected chi connectivity index (χ3v) is 7.26. The smallest absolute Gasteiger partial charge is 0.262 e. The second-order valence-corrected chi connectivity index (χ2v) is 9.04. The second kappa shape index (κ2) is 8.41. The highest BCUT2D eigenvalue weighted by Gasteiger charge is 2.25. The van der Waals surface area contributed by atoms with Gasteiger partial charge in [0.25, 0.3) is 5.56 Å². The van der Waals surface area contributed by atoms with Crippen molar-refractivity contribution in [3.8, 4) is 0 Å². The quantitative estimate of drug-likeness (QED) is 0.596. The molecule has 0 amide bonds. The number of fused-ring (bicyclic) bond motifs is 3. The van der Waals surface area contributed by atoms with E-state index in [2.05, 4.69) is 36.6 Å². The van der Waals surface area contributed by atoms with E-state index in [4.69, 9.17) is 0 Å². The molecule has 0 aromatic carbocycles. The average Bonchev–Trinajstić information content (AvgIpc) is 3.34. The van der Waals surface area contributed by atoms with E-state index in [1.54, 1.807) is 34.6 Å². The molecule has 0 radical (unpaired) electrons. The van der Waals surface area contributed by atoms with E-state index in [0.717, 1.165) is 74.9 Å². The molecule has 1 saturated heterocycles. The third-order valence-electron chi connectivity index (χ3n) is 6.14. The minimum absolute atomic E-state index is 0.126. The number of piperazine rings is 1. The summed E-state index contributed by atoms with van der Waals surface area (Å²) in [7, 11) is 0. The zero-order valence-corrected chi connectivity index (χ0v) is 18.1. The predicted octanol–water partition coefficient (Wildman–Crippen LogP) is 1.80. The van der Waals surface area contributed by atoms with Crippen LogP contribution < -0.4 is 10.5 Å². The summed E-state index contributed by atoms with van der Waals surface area (Å²) in [5.74, 6) is 0.813. The van der Waals surface area contributed by atoms with Crippen molar-refractivity contribution in [2.75, 3.05) is 44.2 Å². The van der Waals surface area contributed by atoms with Crippen molar-refractivity contribution < 1.29 is 0 Å². The Hall–Kier alpha value is -2.36. The SMILES string of the molecule is CCN1Cc2sc3ncn(CCCN4CCN(c5ncccn5)CC4)c(=O)c3c2C1. The molecule has 2 aliphatic rings. The molecule has 30 heavy (non-hydrogen) atoms. The van der Waals surface area contributed by atoms with Gasteiger partial charge in [0, 0.05) is 63.1 Å². The molecule has 0 N–H and O–H groups in total. The summed E-state index contributed by atoms with van der Waals surface area (Å²) < 4.78 is 1.80. The van der Waals surface area contributed by atoms with Crippen LogP contribution in [0, 0.1) is 0 Å². The summed E-state index contributed by atoms with van der Waals surface area (Å²) in [5.41, 5.74) is 1.34. The zero-order chi connectivity index (χ0) is 20.5. The van der Waals surface area contributed by atoms with Crippen LogP contribution in [-0.4, -0.2) is 68.6 Å². The van der Waals surface area contributed by atoms with Crippen LogP contribution in [-0.2, 0) is 19.6 Å². The lowest BCUT2D eigenvalue weighted by Crippen LogP contribution is -2.47. The average molecular weight is 426 g/mol. The van der Waals surface area contributed by atoms with Crippen LogP contribution in [0.15, 0.2) is 29.6 Å².